The maximum Gasteiger partial charge on any atom is 0.471 e. The summed E-state index contributed by atoms with van der Waals surface area (Å²) in [5.41, 5.74) is 0.353. The molecule has 0 aliphatic heterocycles. The fraction of sp³-hybridized carbons (Fsp3) is 0.500. The number of carbonyl (C=O) groups is 4. The van der Waals surface area contributed by atoms with Crippen LogP contribution in [0.15, 0.2) is 30.3 Å². The lowest BCUT2D eigenvalue weighted by molar-refractivity contribution is -0.173. The highest BCUT2D eigenvalue weighted by molar-refractivity contribution is 5.99. The number of carboxylic acids is 1. The second kappa shape index (κ2) is 12.7. The van der Waals surface area contributed by atoms with Crippen molar-refractivity contribution in [1.82, 2.24) is 10.6 Å². The number of amides is 1. The molecule has 172 valence electrons. The maximum atomic E-state index is 12.4. The quantitative estimate of drug-likeness (QED) is 0.241. The summed E-state index contributed by atoms with van der Waals surface area (Å²) in [7, 11) is 0. The highest BCUT2D eigenvalue weighted by Crippen LogP contribution is 2.14. The van der Waals surface area contributed by atoms with E-state index in [9.17, 15) is 37.5 Å². The number of ether oxygens (including phenoxy) is 1. The molecule has 8 nitrogen and oxygen atoms in total. The Morgan fingerprint density at radius 1 is 1.06 bits per heavy atom. The van der Waals surface area contributed by atoms with Gasteiger partial charge in [0.05, 0.1) is 6.61 Å². The molecule has 0 aromatic heterocycles. The average molecular weight is 446 g/mol. The number of Topliss-reactive ketones (excluding diaryl/α,β-unsaturated/α-hetero) is 1. The number of nitrogens with one attached hydrogen (secondary N) is 2. The first-order valence-corrected chi connectivity index (χ1v) is 9.65. The Balaban J connectivity index is 2.68. The van der Waals surface area contributed by atoms with Gasteiger partial charge < -0.3 is 15.2 Å². The number of ketones is 1. The van der Waals surface area contributed by atoms with E-state index in [2.05, 4.69) is 5.32 Å². The van der Waals surface area contributed by atoms with Crippen LogP contribution in [0, 0.1) is 0 Å². The normalized spacial score (nSPS) is 13.2. The van der Waals surface area contributed by atoms with Crippen molar-refractivity contribution in [3.63, 3.8) is 0 Å². The summed E-state index contributed by atoms with van der Waals surface area (Å²) in [4.78, 5) is 47.0. The van der Waals surface area contributed by atoms with E-state index in [4.69, 9.17) is 4.74 Å². The SMILES string of the molecule is CCOC(=O)[C@H](CC(=O)c1ccccc1)N[C@@H](CCCCNC(=O)C(F)(F)F)C(=O)O. The van der Waals surface area contributed by atoms with Crippen LogP contribution in [0.3, 0.4) is 0 Å². The highest BCUT2D eigenvalue weighted by Gasteiger charge is 2.38. The molecule has 1 aromatic carbocycles. The van der Waals surface area contributed by atoms with E-state index < -0.39 is 36.1 Å². The predicted octanol–water partition coefficient (Wildman–Crippen LogP) is 2.08. The third-order valence-corrected chi connectivity index (χ3v) is 4.22. The maximum absolute atomic E-state index is 12.4. The van der Waals surface area contributed by atoms with Crippen LogP contribution in [0.2, 0.25) is 0 Å². The first-order valence-electron chi connectivity index (χ1n) is 9.65. The molecule has 31 heavy (non-hydrogen) atoms. The molecule has 0 heterocycles. The fourth-order valence-electron chi connectivity index (χ4n) is 2.68. The van der Waals surface area contributed by atoms with Crippen molar-refractivity contribution >= 4 is 23.6 Å². The minimum absolute atomic E-state index is 0.0349. The van der Waals surface area contributed by atoms with Gasteiger partial charge in [0, 0.05) is 18.5 Å². The van der Waals surface area contributed by atoms with Crippen LogP contribution < -0.4 is 10.6 Å². The van der Waals surface area contributed by atoms with E-state index >= 15 is 0 Å². The van der Waals surface area contributed by atoms with Gasteiger partial charge in [0.1, 0.15) is 12.1 Å². The number of benzene rings is 1. The van der Waals surface area contributed by atoms with Gasteiger partial charge in [0.15, 0.2) is 5.78 Å². The van der Waals surface area contributed by atoms with Gasteiger partial charge in [0.25, 0.3) is 0 Å². The molecule has 0 unspecified atom stereocenters. The Hall–Kier alpha value is -2.95. The third kappa shape index (κ3) is 9.60. The molecule has 0 spiro atoms. The molecule has 0 aliphatic rings. The lowest BCUT2D eigenvalue weighted by atomic mass is 10.0. The number of aliphatic carboxylic acids is 1. The molecule has 11 heteroatoms. The zero-order valence-electron chi connectivity index (χ0n) is 16.9. The Morgan fingerprint density at radius 2 is 1.71 bits per heavy atom. The predicted molar refractivity (Wildman–Crippen MR) is 103 cm³/mol. The summed E-state index contributed by atoms with van der Waals surface area (Å²) >= 11 is 0. The second-order valence-corrected chi connectivity index (χ2v) is 6.60. The smallest absolute Gasteiger partial charge is 0.471 e. The van der Waals surface area contributed by atoms with Gasteiger partial charge in [-0.2, -0.15) is 13.2 Å². The van der Waals surface area contributed by atoms with Crippen LogP contribution in [0.4, 0.5) is 13.2 Å². The van der Waals surface area contributed by atoms with Crippen molar-refractivity contribution in [3.05, 3.63) is 35.9 Å². The molecule has 0 radical (unpaired) electrons. The van der Waals surface area contributed by atoms with Crippen molar-refractivity contribution in [2.45, 2.75) is 50.9 Å². The summed E-state index contributed by atoms with van der Waals surface area (Å²) < 4.78 is 41.3. The van der Waals surface area contributed by atoms with Gasteiger partial charge in [-0.15, -0.1) is 0 Å². The first kappa shape index (κ1) is 26.1. The van der Waals surface area contributed by atoms with Gasteiger partial charge >= 0.3 is 24.0 Å². The molecule has 0 aliphatic carbocycles. The Kier molecular flexibility index (Phi) is 10.7. The molecule has 0 fully saturated rings. The molecule has 1 rings (SSSR count). The van der Waals surface area contributed by atoms with Crippen molar-refractivity contribution < 1.29 is 42.2 Å². The zero-order chi connectivity index (χ0) is 23.4. The van der Waals surface area contributed by atoms with Crippen molar-refractivity contribution in [2.24, 2.45) is 0 Å². The van der Waals surface area contributed by atoms with Crippen LogP contribution in [0.5, 0.6) is 0 Å². The van der Waals surface area contributed by atoms with Gasteiger partial charge in [-0.05, 0) is 26.2 Å². The summed E-state index contributed by atoms with van der Waals surface area (Å²) in [6, 6.07) is 5.70. The second-order valence-electron chi connectivity index (χ2n) is 6.60. The number of carboxylic acid groups (broad SMARTS) is 1. The highest BCUT2D eigenvalue weighted by atomic mass is 19.4. The number of hydrogen-bond donors (Lipinski definition) is 3. The minimum Gasteiger partial charge on any atom is -0.480 e. The Bertz CT molecular complexity index is 755. The number of rotatable bonds is 13. The number of hydrogen-bond acceptors (Lipinski definition) is 6. The number of unbranched alkanes of at least 4 members (excludes halogenated alkanes) is 1. The van der Waals surface area contributed by atoms with Crippen LogP contribution in [-0.2, 0) is 19.1 Å². The summed E-state index contributed by atoms with van der Waals surface area (Å²) in [5.74, 6) is -4.52. The molecular formula is C20H25F3N2O6. The van der Waals surface area contributed by atoms with Crippen LogP contribution in [-0.4, -0.2) is 60.1 Å². The number of carbonyl (C=O) groups excluding carboxylic acids is 3. The molecule has 1 amide bonds. The number of esters is 1. The van der Waals surface area contributed by atoms with E-state index in [1.807, 2.05) is 0 Å². The monoisotopic (exact) mass is 446 g/mol. The van der Waals surface area contributed by atoms with E-state index in [1.54, 1.807) is 42.6 Å². The van der Waals surface area contributed by atoms with Gasteiger partial charge in [0.2, 0.25) is 0 Å². The van der Waals surface area contributed by atoms with E-state index in [0.29, 0.717) is 5.56 Å². The van der Waals surface area contributed by atoms with Gasteiger partial charge in [-0.3, -0.25) is 24.5 Å². The van der Waals surface area contributed by atoms with Crippen LogP contribution in [0.1, 0.15) is 43.0 Å². The third-order valence-electron chi connectivity index (χ3n) is 4.22. The van der Waals surface area contributed by atoms with Gasteiger partial charge in [-0.1, -0.05) is 30.3 Å². The molecular weight excluding hydrogens is 421 g/mol. The first-order chi connectivity index (χ1) is 14.6. The van der Waals surface area contributed by atoms with Crippen molar-refractivity contribution in [1.29, 1.82) is 0 Å². The number of halogens is 3. The lowest BCUT2D eigenvalue weighted by Gasteiger charge is -2.22. The van der Waals surface area contributed by atoms with Crippen molar-refractivity contribution in [3.8, 4) is 0 Å². The lowest BCUT2D eigenvalue weighted by Crippen LogP contribution is -2.48. The number of alkyl halides is 3. The average Bonchev–Trinajstić information content (AvgIpc) is 2.71. The minimum atomic E-state index is -4.98. The van der Waals surface area contributed by atoms with E-state index in [0.717, 1.165) is 0 Å². The standard InChI is InChI=1S/C20H25F3N2O6/c1-2-31-18(29)15(12-16(26)13-8-4-3-5-9-13)25-14(17(27)28)10-6-7-11-24-19(30)20(21,22)23/h3-5,8-9,14-15,25H,2,6-7,10-12H2,1H3,(H,24,30)(H,27,28)/t14-,15-/m0/s1. The topological polar surface area (TPSA) is 122 Å². The summed E-state index contributed by atoms with van der Waals surface area (Å²) in [6.45, 7) is 1.32. The van der Waals surface area contributed by atoms with E-state index in [1.165, 1.54) is 0 Å². The van der Waals surface area contributed by atoms with Crippen LogP contribution >= 0.6 is 0 Å². The molecule has 0 bridgehead atoms. The Morgan fingerprint density at radius 3 is 2.26 bits per heavy atom. The summed E-state index contributed by atoms with van der Waals surface area (Å²) in [5, 5.41) is 13.7. The van der Waals surface area contributed by atoms with E-state index in [-0.39, 0.29) is 44.6 Å². The van der Waals surface area contributed by atoms with Crippen LogP contribution in [0.25, 0.3) is 0 Å². The summed E-state index contributed by atoms with van der Waals surface area (Å²) in [6.07, 6.45) is -5.09. The van der Waals surface area contributed by atoms with Crippen molar-refractivity contribution in [2.75, 3.05) is 13.2 Å². The fourth-order valence-corrected chi connectivity index (χ4v) is 2.68. The molecule has 2 atom stereocenters. The molecule has 3 N–H and O–H groups in total. The molecule has 0 saturated carbocycles. The largest absolute Gasteiger partial charge is 0.480 e. The Labute approximate surface area is 177 Å². The van der Waals surface area contributed by atoms with Gasteiger partial charge in [-0.25, -0.2) is 0 Å². The zero-order valence-corrected chi connectivity index (χ0v) is 16.9. The molecule has 0 saturated heterocycles. The molecule has 1 aromatic rings.